The lowest BCUT2D eigenvalue weighted by Crippen LogP contribution is -2.02. The topological polar surface area (TPSA) is 59.4 Å². The average Bonchev–Trinajstić information content (AvgIpc) is 2.62. The van der Waals surface area contributed by atoms with Gasteiger partial charge < -0.3 is 15.3 Å². The number of furan rings is 1. The molecule has 0 aliphatic heterocycles. The van der Waals surface area contributed by atoms with Gasteiger partial charge in [0.15, 0.2) is 0 Å². The van der Waals surface area contributed by atoms with Crippen LogP contribution in [0.1, 0.15) is 5.56 Å². The van der Waals surface area contributed by atoms with Crippen molar-refractivity contribution in [3.8, 4) is 5.75 Å². The first-order valence-corrected chi connectivity index (χ1v) is 4.69. The van der Waals surface area contributed by atoms with Crippen molar-refractivity contribution in [3.05, 3.63) is 29.0 Å². The molecule has 1 aromatic carbocycles. The van der Waals surface area contributed by atoms with E-state index in [0.29, 0.717) is 23.6 Å². The van der Waals surface area contributed by atoms with Crippen LogP contribution in [0, 0.1) is 0 Å². The molecule has 0 atom stereocenters. The zero-order chi connectivity index (χ0) is 10.1. The van der Waals surface area contributed by atoms with Crippen LogP contribution in [0.5, 0.6) is 5.75 Å². The number of halogens is 1. The van der Waals surface area contributed by atoms with Gasteiger partial charge in [0, 0.05) is 10.9 Å². The molecule has 2 rings (SSSR count). The SMILES string of the molecule is NCCc1cc2occc2c(Cl)c1O. The van der Waals surface area contributed by atoms with E-state index in [-0.39, 0.29) is 5.75 Å². The number of phenols is 1. The number of hydrogen-bond acceptors (Lipinski definition) is 3. The minimum absolute atomic E-state index is 0.103. The second kappa shape index (κ2) is 3.52. The lowest BCUT2D eigenvalue weighted by atomic mass is 10.1. The molecule has 3 N–H and O–H groups in total. The van der Waals surface area contributed by atoms with Crippen LogP contribution >= 0.6 is 11.6 Å². The molecule has 0 saturated heterocycles. The highest BCUT2D eigenvalue weighted by Crippen LogP contribution is 2.35. The van der Waals surface area contributed by atoms with Gasteiger partial charge >= 0.3 is 0 Å². The number of nitrogens with two attached hydrogens (primary N) is 1. The van der Waals surface area contributed by atoms with Crippen molar-refractivity contribution in [2.45, 2.75) is 6.42 Å². The molecule has 0 aliphatic carbocycles. The molecular formula is C10H10ClNO2. The van der Waals surface area contributed by atoms with E-state index in [9.17, 15) is 5.11 Å². The Morgan fingerprint density at radius 1 is 1.50 bits per heavy atom. The predicted octanol–water partition coefficient (Wildman–Crippen LogP) is 2.29. The Morgan fingerprint density at radius 3 is 3.00 bits per heavy atom. The summed E-state index contributed by atoms with van der Waals surface area (Å²) in [6.45, 7) is 0.468. The Bertz CT molecular complexity index is 464. The Labute approximate surface area is 86.1 Å². The lowest BCUT2D eigenvalue weighted by Gasteiger charge is -2.05. The molecule has 0 spiro atoms. The van der Waals surface area contributed by atoms with Crippen LogP contribution in [-0.2, 0) is 6.42 Å². The molecule has 74 valence electrons. The summed E-state index contributed by atoms with van der Waals surface area (Å²) in [6, 6.07) is 3.49. The van der Waals surface area contributed by atoms with Crippen LogP contribution in [0.15, 0.2) is 22.8 Å². The monoisotopic (exact) mass is 211 g/mol. The molecule has 14 heavy (non-hydrogen) atoms. The summed E-state index contributed by atoms with van der Waals surface area (Å²) in [5.74, 6) is 0.103. The van der Waals surface area contributed by atoms with Crippen molar-refractivity contribution >= 4 is 22.6 Å². The Morgan fingerprint density at radius 2 is 2.29 bits per heavy atom. The van der Waals surface area contributed by atoms with E-state index in [1.807, 2.05) is 0 Å². The third kappa shape index (κ3) is 1.35. The van der Waals surface area contributed by atoms with E-state index in [2.05, 4.69) is 0 Å². The summed E-state index contributed by atoms with van der Waals surface area (Å²) in [7, 11) is 0. The fourth-order valence-corrected chi connectivity index (χ4v) is 1.73. The number of aromatic hydroxyl groups is 1. The third-order valence-electron chi connectivity index (χ3n) is 2.16. The zero-order valence-corrected chi connectivity index (χ0v) is 8.21. The van der Waals surface area contributed by atoms with E-state index in [4.69, 9.17) is 21.8 Å². The minimum Gasteiger partial charge on any atom is -0.506 e. The molecule has 0 aliphatic rings. The summed E-state index contributed by atoms with van der Waals surface area (Å²) in [4.78, 5) is 0. The standard InChI is InChI=1S/C10H10ClNO2/c11-9-7-2-4-14-8(7)5-6(1-3-12)10(9)13/h2,4-5,13H,1,3,12H2. The van der Waals surface area contributed by atoms with Crippen molar-refractivity contribution in [2.24, 2.45) is 5.73 Å². The second-order valence-electron chi connectivity index (χ2n) is 3.07. The molecule has 0 radical (unpaired) electrons. The van der Waals surface area contributed by atoms with E-state index in [1.165, 1.54) is 0 Å². The maximum Gasteiger partial charge on any atom is 0.138 e. The Kier molecular flexibility index (Phi) is 2.35. The first-order chi connectivity index (χ1) is 6.74. The van der Waals surface area contributed by atoms with E-state index in [1.54, 1.807) is 18.4 Å². The van der Waals surface area contributed by atoms with Crippen LogP contribution < -0.4 is 5.73 Å². The van der Waals surface area contributed by atoms with Crippen molar-refractivity contribution in [3.63, 3.8) is 0 Å². The Hall–Kier alpha value is -1.19. The number of rotatable bonds is 2. The smallest absolute Gasteiger partial charge is 0.138 e. The number of fused-ring (bicyclic) bond motifs is 1. The quantitative estimate of drug-likeness (QED) is 0.801. The van der Waals surface area contributed by atoms with Gasteiger partial charge in [-0.2, -0.15) is 0 Å². The van der Waals surface area contributed by atoms with Crippen LogP contribution in [0.25, 0.3) is 11.0 Å². The van der Waals surface area contributed by atoms with Gasteiger partial charge in [0.25, 0.3) is 0 Å². The summed E-state index contributed by atoms with van der Waals surface area (Å²) >= 11 is 5.96. The third-order valence-corrected chi connectivity index (χ3v) is 2.55. The fourth-order valence-electron chi connectivity index (χ4n) is 1.46. The largest absolute Gasteiger partial charge is 0.506 e. The average molecular weight is 212 g/mol. The van der Waals surface area contributed by atoms with Gasteiger partial charge in [-0.25, -0.2) is 0 Å². The molecular weight excluding hydrogens is 202 g/mol. The number of benzene rings is 1. The number of phenolic OH excluding ortho intramolecular Hbond substituents is 1. The van der Waals surface area contributed by atoms with Crippen molar-refractivity contribution in [2.75, 3.05) is 6.54 Å². The van der Waals surface area contributed by atoms with Gasteiger partial charge in [-0.1, -0.05) is 11.6 Å². The molecule has 0 unspecified atom stereocenters. The van der Waals surface area contributed by atoms with Crippen LogP contribution in [0.2, 0.25) is 5.02 Å². The zero-order valence-electron chi connectivity index (χ0n) is 7.46. The molecule has 1 heterocycles. The highest BCUT2D eigenvalue weighted by molar-refractivity contribution is 6.36. The van der Waals surface area contributed by atoms with E-state index < -0.39 is 0 Å². The molecule has 0 bridgehead atoms. The van der Waals surface area contributed by atoms with Gasteiger partial charge in [-0.15, -0.1) is 0 Å². The molecule has 0 fully saturated rings. The minimum atomic E-state index is 0.103. The predicted molar refractivity (Wildman–Crippen MR) is 55.6 cm³/mol. The lowest BCUT2D eigenvalue weighted by molar-refractivity contribution is 0.469. The summed E-state index contributed by atoms with van der Waals surface area (Å²) in [5, 5.41) is 10.8. The van der Waals surface area contributed by atoms with Crippen molar-refractivity contribution < 1.29 is 9.52 Å². The van der Waals surface area contributed by atoms with Gasteiger partial charge in [-0.3, -0.25) is 0 Å². The molecule has 2 aromatic rings. The molecule has 4 heteroatoms. The number of hydrogen-bond donors (Lipinski definition) is 2. The highest BCUT2D eigenvalue weighted by Gasteiger charge is 2.11. The first kappa shape index (κ1) is 9.37. The van der Waals surface area contributed by atoms with Crippen molar-refractivity contribution in [1.82, 2.24) is 0 Å². The summed E-state index contributed by atoms with van der Waals surface area (Å²) in [6.07, 6.45) is 2.13. The van der Waals surface area contributed by atoms with Gasteiger partial charge in [0.05, 0.1) is 11.3 Å². The fraction of sp³-hybridized carbons (Fsp3) is 0.200. The second-order valence-corrected chi connectivity index (χ2v) is 3.45. The molecule has 3 nitrogen and oxygen atoms in total. The molecule has 1 aromatic heterocycles. The maximum absolute atomic E-state index is 9.72. The van der Waals surface area contributed by atoms with Crippen LogP contribution in [0.4, 0.5) is 0 Å². The normalized spacial score (nSPS) is 11.0. The Balaban J connectivity index is 2.67. The van der Waals surface area contributed by atoms with Gasteiger partial charge in [0.2, 0.25) is 0 Å². The van der Waals surface area contributed by atoms with Crippen LogP contribution in [0.3, 0.4) is 0 Å². The molecule has 0 saturated carbocycles. The summed E-state index contributed by atoms with van der Waals surface area (Å²) < 4.78 is 5.20. The van der Waals surface area contributed by atoms with E-state index >= 15 is 0 Å². The molecule has 0 amide bonds. The highest BCUT2D eigenvalue weighted by atomic mass is 35.5. The maximum atomic E-state index is 9.72. The van der Waals surface area contributed by atoms with Crippen LogP contribution in [-0.4, -0.2) is 11.7 Å². The summed E-state index contributed by atoms with van der Waals surface area (Å²) in [5.41, 5.74) is 6.81. The van der Waals surface area contributed by atoms with Gasteiger partial charge in [0.1, 0.15) is 11.3 Å². The van der Waals surface area contributed by atoms with E-state index in [0.717, 1.165) is 10.9 Å². The van der Waals surface area contributed by atoms with Gasteiger partial charge in [-0.05, 0) is 25.1 Å². The first-order valence-electron chi connectivity index (χ1n) is 4.31. The van der Waals surface area contributed by atoms with Crippen molar-refractivity contribution in [1.29, 1.82) is 0 Å².